The molecule has 4 amide bonds. The summed E-state index contributed by atoms with van der Waals surface area (Å²) in [6.45, 7) is 0.808. The maximum atomic E-state index is 12.3. The van der Waals surface area contributed by atoms with E-state index in [0.29, 0.717) is 35.2 Å². The second-order valence-electron chi connectivity index (χ2n) is 11.0. The van der Waals surface area contributed by atoms with E-state index in [1.54, 1.807) is 48.5 Å². The Morgan fingerprint density at radius 3 is 1.33 bits per heavy atom. The van der Waals surface area contributed by atoms with Crippen molar-refractivity contribution in [3.05, 3.63) is 142 Å². The molecule has 0 fully saturated rings. The standard InChI is InChI=1S/C19H19NO3.C19H15NO3/c2*21-12-4-3-5-14-8-10-15(11-9-14)13-20-18(22)16-6-1-2-7-17(16)19(20)23/h1-2,6-11,21H,3-5,12-13H2;1-2,6-11,21H,4,12-13H2. The minimum absolute atomic E-state index is 0.0465. The van der Waals surface area contributed by atoms with Crippen molar-refractivity contribution in [1.82, 2.24) is 9.80 Å². The first-order valence-electron chi connectivity index (χ1n) is 15.2. The van der Waals surface area contributed by atoms with Gasteiger partial charge in [0.2, 0.25) is 0 Å². The number of rotatable bonds is 9. The third-order valence-electron chi connectivity index (χ3n) is 7.76. The Morgan fingerprint density at radius 2 is 0.913 bits per heavy atom. The summed E-state index contributed by atoms with van der Waals surface area (Å²) in [6, 6.07) is 29.1. The zero-order valence-electron chi connectivity index (χ0n) is 25.3. The summed E-state index contributed by atoms with van der Waals surface area (Å²) < 4.78 is 0. The molecule has 0 unspecified atom stereocenters. The van der Waals surface area contributed by atoms with Gasteiger partial charge in [-0.15, -0.1) is 0 Å². The average molecular weight is 615 g/mol. The summed E-state index contributed by atoms with van der Waals surface area (Å²) >= 11 is 0. The second-order valence-corrected chi connectivity index (χ2v) is 11.0. The zero-order chi connectivity index (χ0) is 32.5. The number of amides is 4. The summed E-state index contributed by atoms with van der Waals surface area (Å²) in [4.78, 5) is 51.9. The molecule has 0 bridgehead atoms. The highest BCUT2D eigenvalue weighted by Gasteiger charge is 2.35. The van der Waals surface area contributed by atoms with Gasteiger partial charge in [-0.25, -0.2) is 0 Å². The van der Waals surface area contributed by atoms with Crippen molar-refractivity contribution in [3.8, 4) is 11.8 Å². The molecule has 0 radical (unpaired) electrons. The van der Waals surface area contributed by atoms with E-state index in [0.717, 1.165) is 36.0 Å². The van der Waals surface area contributed by atoms with Crippen LogP contribution >= 0.6 is 0 Å². The number of nitrogens with zero attached hydrogens (tertiary/aromatic N) is 2. The Balaban J connectivity index is 0.000000181. The number of aliphatic hydroxyl groups excluding tert-OH is 2. The molecule has 0 saturated carbocycles. The number of carbonyl (C=O) groups excluding carboxylic acids is 4. The molecule has 8 heteroatoms. The highest BCUT2D eigenvalue weighted by Crippen LogP contribution is 2.25. The third-order valence-corrected chi connectivity index (χ3v) is 7.76. The molecule has 0 aromatic heterocycles. The van der Waals surface area contributed by atoms with Crippen LogP contribution in [0.4, 0.5) is 0 Å². The molecule has 2 aliphatic rings. The lowest BCUT2D eigenvalue weighted by atomic mass is 10.1. The van der Waals surface area contributed by atoms with Crippen molar-refractivity contribution in [2.75, 3.05) is 13.2 Å². The molecule has 4 aromatic carbocycles. The largest absolute Gasteiger partial charge is 0.396 e. The molecule has 0 saturated heterocycles. The lowest BCUT2D eigenvalue weighted by molar-refractivity contribution is 0.0627. The van der Waals surface area contributed by atoms with Crippen LogP contribution in [0.3, 0.4) is 0 Å². The number of benzene rings is 4. The predicted molar refractivity (Wildman–Crippen MR) is 173 cm³/mol. The Hall–Kier alpha value is -5.36. The first kappa shape index (κ1) is 32.0. The number of fused-ring (bicyclic) bond motifs is 2. The molecule has 2 N–H and O–H groups in total. The predicted octanol–water partition coefficient (Wildman–Crippen LogP) is 5.01. The lowest BCUT2D eigenvalue weighted by Crippen LogP contribution is -2.29. The Morgan fingerprint density at radius 1 is 0.500 bits per heavy atom. The fourth-order valence-corrected chi connectivity index (χ4v) is 5.30. The quantitative estimate of drug-likeness (QED) is 0.156. The third kappa shape index (κ3) is 7.29. The summed E-state index contributed by atoms with van der Waals surface area (Å²) in [5.41, 5.74) is 5.73. The topological polar surface area (TPSA) is 115 Å². The van der Waals surface area contributed by atoms with Crippen LogP contribution in [0.2, 0.25) is 0 Å². The van der Waals surface area contributed by atoms with E-state index in [2.05, 4.69) is 11.8 Å². The number of carbonyl (C=O) groups is 4. The second kappa shape index (κ2) is 15.1. The van der Waals surface area contributed by atoms with E-state index in [1.165, 1.54) is 15.4 Å². The van der Waals surface area contributed by atoms with Gasteiger partial charge in [-0.1, -0.05) is 72.5 Å². The molecule has 2 heterocycles. The van der Waals surface area contributed by atoms with E-state index in [1.807, 2.05) is 48.5 Å². The number of hydrogen-bond donors (Lipinski definition) is 2. The molecule has 4 aromatic rings. The van der Waals surface area contributed by atoms with Gasteiger partial charge in [-0.3, -0.25) is 29.0 Å². The SMILES string of the molecule is O=C1c2ccccc2C(=O)N1Cc1ccc(C#CCCO)cc1.O=C1c2ccccc2C(=O)N1Cc1ccc(CCCCO)cc1. The van der Waals surface area contributed by atoms with E-state index in [9.17, 15) is 19.2 Å². The number of aliphatic hydroxyl groups is 2. The Kier molecular flexibility index (Phi) is 10.5. The van der Waals surface area contributed by atoms with Crippen molar-refractivity contribution >= 4 is 23.6 Å². The number of imide groups is 2. The number of unbranched alkanes of at least 4 members (excludes halogenated alkanes) is 1. The van der Waals surface area contributed by atoms with Crippen LogP contribution in [0.25, 0.3) is 0 Å². The van der Waals surface area contributed by atoms with E-state index in [-0.39, 0.29) is 43.4 Å². The normalized spacial score (nSPS) is 13.2. The van der Waals surface area contributed by atoms with Crippen molar-refractivity contribution in [2.24, 2.45) is 0 Å². The summed E-state index contributed by atoms with van der Waals surface area (Å²) in [7, 11) is 0. The Labute approximate surface area is 267 Å². The summed E-state index contributed by atoms with van der Waals surface area (Å²) in [5, 5.41) is 17.5. The molecular weight excluding hydrogens is 580 g/mol. The van der Waals surface area contributed by atoms with E-state index >= 15 is 0 Å². The van der Waals surface area contributed by atoms with Crippen molar-refractivity contribution in [3.63, 3.8) is 0 Å². The smallest absolute Gasteiger partial charge is 0.261 e. The molecule has 2 aliphatic heterocycles. The summed E-state index contributed by atoms with van der Waals surface area (Å²) in [5.74, 6) is 4.84. The van der Waals surface area contributed by atoms with E-state index in [4.69, 9.17) is 10.2 Å². The molecule has 8 nitrogen and oxygen atoms in total. The minimum atomic E-state index is -0.252. The summed E-state index contributed by atoms with van der Waals surface area (Å²) in [6.07, 6.45) is 3.12. The van der Waals surface area contributed by atoms with Crippen LogP contribution in [-0.2, 0) is 19.5 Å². The van der Waals surface area contributed by atoms with Gasteiger partial charge in [0.15, 0.2) is 0 Å². The van der Waals surface area contributed by atoms with Crippen LogP contribution in [0, 0.1) is 11.8 Å². The first-order valence-corrected chi connectivity index (χ1v) is 15.2. The van der Waals surface area contributed by atoms with Gasteiger partial charge in [0, 0.05) is 18.6 Å². The minimum Gasteiger partial charge on any atom is -0.396 e. The highest BCUT2D eigenvalue weighted by atomic mass is 16.3. The zero-order valence-corrected chi connectivity index (χ0v) is 25.3. The van der Waals surface area contributed by atoms with Crippen LogP contribution in [0.15, 0.2) is 97.1 Å². The molecule has 0 spiro atoms. The van der Waals surface area contributed by atoms with Gasteiger partial charge < -0.3 is 10.2 Å². The Bertz CT molecular complexity index is 1730. The van der Waals surface area contributed by atoms with Crippen LogP contribution in [0.1, 0.15) is 82.9 Å². The molecule has 46 heavy (non-hydrogen) atoms. The first-order chi connectivity index (χ1) is 22.4. The van der Waals surface area contributed by atoms with Crippen LogP contribution in [-0.4, -0.2) is 56.9 Å². The van der Waals surface area contributed by atoms with Gasteiger partial charge in [0.25, 0.3) is 23.6 Å². The number of hydrogen-bond acceptors (Lipinski definition) is 6. The van der Waals surface area contributed by atoms with Gasteiger partial charge >= 0.3 is 0 Å². The molecular formula is C38H34N2O6. The van der Waals surface area contributed by atoms with E-state index < -0.39 is 0 Å². The fraction of sp³-hybridized carbons (Fsp3) is 0.211. The number of aryl methyl sites for hydroxylation is 1. The van der Waals surface area contributed by atoms with Crippen molar-refractivity contribution in [1.29, 1.82) is 0 Å². The van der Waals surface area contributed by atoms with Gasteiger partial charge in [-0.05, 0) is 72.4 Å². The monoisotopic (exact) mass is 614 g/mol. The lowest BCUT2D eigenvalue weighted by Gasteiger charge is -2.14. The molecule has 6 rings (SSSR count). The maximum Gasteiger partial charge on any atom is 0.261 e. The van der Waals surface area contributed by atoms with Crippen LogP contribution in [0.5, 0.6) is 0 Å². The molecule has 0 aliphatic carbocycles. The van der Waals surface area contributed by atoms with Crippen molar-refractivity contribution < 1.29 is 29.4 Å². The van der Waals surface area contributed by atoms with Crippen LogP contribution < -0.4 is 0 Å². The maximum absolute atomic E-state index is 12.3. The fourth-order valence-electron chi connectivity index (χ4n) is 5.30. The van der Waals surface area contributed by atoms with Gasteiger partial charge in [0.1, 0.15) is 0 Å². The molecule has 0 atom stereocenters. The average Bonchev–Trinajstić information content (AvgIpc) is 3.47. The highest BCUT2D eigenvalue weighted by molar-refractivity contribution is 6.22. The van der Waals surface area contributed by atoms with Gasteiger partial charge in [0.05, 0.1) is 42.0 Å². The van der Waals surface area contributed by atoms with Crippen molar-refractivity contribution in [2.45, 2.75) is 38.8 Å². The van der Waals surface area contributed by atoms with Gasteiger partial charge in [-0.2, -0.15) is 0 Å². The molecule has 232 valence electrons.